The van der Waals surface area contributed by atoms with E-state index in [2.05, 4.69) is 10.1 Å². The zero-order chi connectivity index (χ0) is 17.9. The van der Waals surface area contributed by atoms with Gasteiger partial charge >= 0.3 is 0 Å². The molecule has 26 heavy (non-hydrogen) atoms. The molecule has 1 fully saturated rings. The van der Waals surface area contributed by atoms with Crippen LogP contribution in [0.3, 0.4) is 0 Å². The van der Waals surface area contributed by atoms with Gasteiger partial charge in [0.15, 0.2) is 0 Å². The summed E-state index contributed by atoms with van der Waals surface area (Å²) < 4.78 is 7.59. The van der Waals surface area contributed by atoms with Gasteiger partial charge in [0.05, 0.1) is 6.20 Å². The molecule has 6 nitrogen and oxygen atoms in total. The topological polar surface area (TPSA) is 64.2 Å². The van der Waals surface area contributed by atoms with Crippen molar-refractivity contribution >= 4 is 17.5 Å². The van der Waals surface area contributed by atoms with Crippen LogP contribution in [0.15, 0.2) is 53.3 Å². The van der Waals surface area contributed by atoms with E-state index in [-0.39, 0.29) is 18.5 Å². The van der Waals surface area contributed by atoms with Gasteiger partial charge in [-0.3, -0.25) is 9.48 Å². The van der Waals surface area contributed by atoms with Crippen molar-refractivity contribution in [2.45, 2.75) is 31.8 Å². The SMILES string of the molecule is O=C(Cn1cccn1)N1CCC[C@H]1c1ncc(Cc2cccc(Cl)c2)o1. The van der Waals surface area contributed by atoms with Gasteiger partial charge in [-0.25, -0.2) is 4.98 Å². The van der Waals surface area contributed by atoms with Crippen molar-refractivity contribution in [2.75, 3.05) is 6.54 Å². The van der Waals surface area contributed by atoms with E-state index < -0.39 is 0 Å². The average molecular weight is 371 g/mol. The third-order valence-corrected chi connectivity index (χ3v) is 4.79. The van der Waals surface area contributed by atoms with Crippen molar-refractivity contribution in [1.82, 2.24) is 19.7 Å². The minimum atomic E-state index is -0.105. The molecule has 134 valence electrons. The normalized spacial score (nSPS) is 17.0. The first-order valence-corrected chi connectivity index (χ1v) is 9.03. The Balaban J connectivity index is 1.46. The molecule has 3 heterocycles. The van der Waals surface area contributed by atoms with Crippen LogP contribution in [0.1, 0.15) is 36.1 Å². The Morgan fingerprint density at radius 1 is 1.35 bits per heavy atom. The molecule has 2 aromatic heterocycles. The van der Waals surface area contributed by atoms with Gasteiger partial charge in [0.25, 0.3) is 0 Å². The van der Waals surface area contributed by atoms with Crippen molar-refractivity contribution in [3.8, 4) is 0 Å². The number of rotatable bonds is 5. The molecule has 1 atom stereocenters. The first kappa shape index (κ1) is 16.8. The summed E-state index contributed by atoms with van der Waals surface area (Å²) in [6.45, 7) is 0.955. The maximum Gasteiger partial charge on any atom is 0.244 e. The molecule has 0 saturated carbocycles. The third kappa shape index (κ3) is 3.65. The maximum absolute atomic E-state index is 12.6. The highest BCUT2D eigenvalue weighted by atomic mass is 35.5. The fourth-order valence-electron chi connectivity index (χ4n) is 3.35. The van der Waals surface area contributed by atoms with Crippen LogP contribution >= 0.6 is 11.6 Å². The van der Waals surface area contributed by atoms with E-state index >= 15 is 0 Å². The zero-order valence-electron chi connectivity index (χ0n) is 14.2. The maximum atomic E-state index is 12.6. The first-order chi connectivity index (χ1) is 12.7. The first-order valence-electron chi connectivity index (χ1n) is 8.65. The summed E-state index contributed by atoms with van der Waals surface area (Å²) in [6, 6.07) is 9.39. The lowest BCUT2D eigenvalue weighted by Crippen LogP contribution is -2.33. The van der Waals surface area contributed by atoms with E-state index in [0.717, 1.165) is 30.7 Å². The van der Waals surface area contributed by atoms with Crippen molar-refractivity contribution in [1.29, 1.82) is 0 Å². The number of carbonyl (C=O) groups excluding carboxylic acids is 1. The van der Waals surface area contributed by atoms with Gasteiger partial charge in [-0.15, -0.1) is 0 Å². The van der Waals surface area contributed by atoms with Crippen LogP contribution in [0.4, 0.5) is 0 Å². The Labute approximate surface area is 156 Å². The van der Waals surface area contributed by atoms with Crippen molar-refractivity contribution < 1.29 is 9.21 Å². The van der Waals surface area contributed by atoms with Crippen molar-refractivity contribution in [3.05, 3.63) is 71.2 Å². The van der Waals surface area contributed by atoms with Crippen molar-refractivity contribution in [3.63, 3.8) is 0 Å². The van der Waals surface area contributed by atoms with Gasteiger partial charge in [-0.05, 0) is 36.6 Å². The van der Waals surface area contributed by atoms with Crippen LogP contribution in [-0.4, -0.2) is 32.1 Å². The summed E-state index contributed by atoms with van der Waals surface area (Å²) in [7, 11) is 0. The number of likely N-dealkylation sites (tertiary alicyclic amines) is 1. The Bertz CT molecular complexity index is 891. The van der Waals surface area contributed by atoms with Crippen LogP contribution in [0.25, 0.3) is 0 Å². The molecular formula is C19H19ClN4O2. The van der Waals surface area contributed by atoms with Gasteiger partial charge in [0.1, 0.15) is 18.3 Å². The predicted octanol–water partition coefficient (Wildman–Crippen LogP) is 3.48. The Kier molecular flexibility index (Phi) is 4.75. The number of nitrogens with zero attached hydrogens (tertiary/aromatic N) is 4. The van der Waals surface area contributed by atoms with Crippen LogP contribution in [0.5, 0.6) is 0 Å². The molecule has 1 saturated heterocycles. The van der Waals surface area contributed by atoms with E-state index in [1.807, 2.05) is 35.2 Å². The fourth-order valence-corrected chi connectivity index (χ4v) is 3.56. The molecule has 1 aromatic carbocycles. The Hall–Kier alpha value is -2.60. The van der Waals surface area contributed by atoms with Gasteiger partial charge in [-0.2, -0.15) is 5.10 Å². The predicted molar refractivity (Wildman–Crippen MR) is 96.7 cm³/mol. The molecule has 0 N–H and O–H groups in total. The lowest BCUT2D eigenvalue weighted by Gasteiger charge is -2.22. The van der Waals surface area contributed by atoms with Crippen LogP contribution < -0.4 is 0 Å². The number of oxazole rings is 1. The second kappa shape index (κ2) is 7.33. The number of halogens is 1. The highest BCUT2D eigenvalue weighted by Crippen LogP contribution is 2.32. The molecule has 0 bridgehead atoms. The molecule has 3 aromatic rings. The molecular weight excluding hydrogens is 352 g/mol. The van der Waals surface area contributed by atoms with Crippen LogP contribution in [0.2, 0.25) is 5.02 Å². The smallest absolute Gasteiger partial charge is 0.244 e. The monoisotopic (exact) mass is 370 g/mol. The number of amides is 1. The molecule has 0 aliphatic carbocycles. The third-order valence-electron chi connectivity index (χ3n) is 4.55. The van der Waals surface area contributed by atoms with Gasteiger partial charge in [0.2, 0.25) is 11.8 Å². The standard InChI is InChI=1S/C19H19ClN4O2/c20-15-5-1-4-14(10-15)11-16-12-21-19(26-16)17-6-2-9-24(17)18(25)13-23-8-3-7-22-23/h1,3-5,7-8,10,12,17H,2,6,9,11,13H2/t17-/m0/s1. The van der Waals surface area contributed by atoms with Crippen molar-refractivity contribution in [2.24, 2.45) is 0 Å². The number of hydrogen-bond acceptors (Lipinski definition) is 4. The summed E-state index contributed by atoms with van der Waals surface area (Å²) >= 11 is 6.03. The molecule has 0 unspecified atom stereocenters. The summed E-state index contributed by atoms with van der Waals surface area (Å²) in [4.78, 5) is 18.9. The fraction of sp³-hybridized carbons (Fsp3) is 0.316. The highest BCUT2D eigenvalue weighted by Gasteiger charge is 2.33. The lowest BCUT2D eigenvalue weighted by atomic mass is 10.1. The molecule has 1 aliphatic heterocycles. The minimum absolute atomic E-state index is 0.0331. The minimum Gasteiger partial charge on any atom is -0.443 e. The molecule has 7 heteroatoms. The van der Waals surface area contributed by atoms with Gasteiger partial charge in [-0.1, -0.05) is 23.7 Å². The Morgan fingerprint density at radius 2 is 2.27 bits per heavy atom. The van der Waals surface area contributed by atoms with Gasteiger partial charge in [0, 0.05) is 30.4 Å². The van der Waals surface area contributed by atoms with Crippen LogP contribution in [-0.2, 0) is 17.8 Å². The molecule has 1 aliphatic rings. The number of benzene rings is 1. The van der Waals surface area contributed by atoms with E-state index in [1.165, 1.54) is 0 Å². The molecule has 0 radical (unpaired) electrons. The number of aromatic nitrogens is 3. The van der Waals surface area contributed by atoms with Gasteiger partial charge < -0.3 is 9.32 Å². The lowest BCUT2D eigenvalue weighted by molar-refractivity contribution is -0.133. The summed E-state index contributed by atoms with van der Waals surface area (Å²) in [5.41, 5.74) is 1.07. The summed E-state index contributed by atoms with van der Waals surface area (Å²) in [5.74, 6) is 1.41. The second-order valence-corrected chi connectivity index (χ2v) is 6.86. The number of hydrogen-bond donors (Lipinski definition) is 0. The van der Waals surface area contributed by atoms with E-state index in [1.54, 1.807) is 23.3 Å². The molecule has 1 amide bonds. The summed E-state index contributed by atoms with van der Waals surface area (Å²) in [6.07, 6.45) is 7.64. The molecule has 0 spiro atoms. The quantitative estimate of drug-likeness (QED) is 0.689. The molecule has 4 rings (SSSR count). The van der Waals surface area contributed by atoms with E-state index in [4.69, 9.17) is 16.0 Å². The Morgan fingerprint density at radius 3 is 3.08 bits per heavy atom. The largest absolute Gasteiger partial charge is 0.443 e. The van der Waals surface area contributed by atoms with E-state index in [9.17, 15) is 4.79 Å². The van der Waals surface area contributed by atoms with E-state index in [0.29, 0.717) is 17.3 Å². The highest BCUT2D eigenvalue weighted by molar-refractivity contribution is 6.30. The average Bonchev–Trinajstić information content (AvgIpc) is 3.36. The van der Waals surface area contributed by atoms with Crippen LogP contribution in [0, 0.1) is 0 Å². The zero-order valence-corrected chi connectivity index (χ0v) is 15.0. The second-order valence-electron chi connectivity index (χ2n) is 6.42. The summed E-state index contributed by atoms with van der Waals surface area (Å²) in [5, 5.41) is 4.81. The number of carbonyl (C=O) groups is 1.